The fourth-order valence-electron chi connectivity index (χ4n) is 3.54. The number of fused-ring (bicyclic) bond motifs is 2. The Hall–Kier alpha value is -3.02. The summed E-state index contributed by atoms with van der Waals surface area (Å²) in [7, 11) is 1.68. The third kappa shape index (κ3) is 4.24. The first-order valence-electron chi connectivity index (χ1n) is 10.1. The molecule has 154 valence electrons. The molecular weight excluding hydrogens is 422 g/mol. The number of methoxy groups -OCH3 is 1. The molecule has 0 N–H and O–H groups in total. The van der Waals surface area contributed by atoms with Crippen LogP contribution in [-0.4, -0.2) is 24.5 Å². The lowest BCUT2D eigenvalue weighted by Gasteiger charge is -2.12. The number of nitrogens with zero attached hydrogens (tertiary/aromatic N) is 1. The fraction of sp³-hybridized carbons (Fsp3) is 0.115. The first-order chi connectivity index (χ1) is 15.3. The van der Waals surface area contributed by atoms with E-state index in [1.807, 2.05) is 48.2 Å². The van der Waals surface area contributed by atoms with Crippen molar-refractivity contribution < 1.29 is 9.47 Å². The van der Waals surface area contributed by atoms with Gasteiger partial charge >= 0.3 is 0 Å². The van der Waals surface area contributed by atoms with Crippen LogP contribution in [0.15, 0.2) is 89.8 Å². The quantitative estimate of drug-likeness (QED) is 0.195. The lowest BCUT2D eigenvalue weighted by atomic mass is 10.1. The average Bonchev–Trinajstić information content (AvgIpc) is 3.26. The predicted octanol–water partition coefficient (Wildman–Crippen LogP) is 7.30. The number of thiazole rings is 1. The summed E-state index contributed by atoms with van der Waals surface area (Å²) in [6, 6.07) is 29.1. The molecule has 0 amide bonds. The molecule has 4 aromatic carbocycles. The third-order valence-corrected chi connectivity index (χ3v) is 7.18. The van der Waals surface area contributed by atoms with Crippen LogP contribution in [0, 0.1) is 0 Å². The number of para-hydroxylation sites is 1. The molecule has 1 heterocycles. The summed E-state index contributed by atoms with van der Waals surface area (Å²) in [6.45, 7) is 0.602. The molecule has 31 heavy (non-hydrogen) atoms. The third-order valence-electron chi connectivity index (χ3n) is 5.05. The maximum Gasteiger partial charge on any atom is 0.161 e. The van der Waals surface area contributed by atoms with E-state index < -0.39 is 0 Å². The molecule has 0 spiro atoms. The van der Waals surface area contributed by atoms with Crippen molar-refractivity contribution in [3.63, 3.8) is 0 Å². The molecule has 0 aliphatic carbocycles. The largest absolute Gasteiger partial charge is 0.493 e. The summed E-state index contributed by atoms with van der Waals surface area (Å²) in [5.74, 6) is 2.34. The highest BCUT2D eigenvalue weighted by Gasteiger charge is 2.11. The Balaban J connectivity index is 1.27. The van der Waals surface area contributed by atoms with Crippen LogP contribution in [0.25, 0.3) is 31.6 Å². The number of hydrogen-bond donors (Lipinski definition) is 0. The zero-order valence-corrected chi connectivity index (χ0v) is 18.7. The van der Waals surface area contributed by atoms with Gasteiger partial charge in [0.1, 0.15) is 5.01 Å². The first kappa shape index (κ1) is 19.9. The van der Waals surface area contributed by atoms with Gasteiger partial charge in [0.2, 0.25) is 0 Å². The molecule has 0 atom stereocenters. The Morgan fingerprint density at radius 1 is 0.871 bits per heavy atom. The van der Waals surface area contributed by atoms with E-state index in [2.05, 4.69) is 48.5 Å². The van der Waals surface area contributed by atoms with Gasteiger partial charge in [-0.15, -0.1) is 23.1 Å². The number of aromatic nitrogens is 1. The Bertz CT molecular complexity index is 1310. The smallest absolute Gasteiger partial charge is 0.161 e. The van der Waals surface area contributed by atoms with Crippen LogP contribution < -0.4 is 9.47 Å². The molecule has 5 heteroatoms. The van der Waals surface area contributed by atoms with Crippen LogP contribution in [0.2, 0.25) is 0 Å². The SMILES string of the molecule is COc1cc(-c2nc3ccccc3s2)ccc1OCCSc1cccc2ccccc12. The topological polar surface area (TPSA) is 31.4 Å². The van der Waals surface area contributed by atoms with Gasteiger partial charge in [-0.25, -0.2) is 4.98 Å². The van der Waals surface area contributed by atoms with Crippen LogP contribution in [-0.2, 0) is 0 Å². The van der Waals surface area contributed by atoms with Crippen LogP contribution in [0.4, 0.5) is 0 Å². The van der Waals surface area contributed by atoms with E-state index in [0.29, 0.717) is 6.61 Å². The normalized spacial score (nSPS) is 11.1. The van der Waals surface area contributed by atoms with Crippen molar-refractivity contribution in [2.45, 2.75) is 4.90 Å². The Labute approximate surface area is 189 Å². The van der Waals surface area contributed by atoms with Gasteiger partial charge in [-0.05, 0) is 47.2 Å². The summed E-state index contributed by atoms with van der Waals surface area (Å²) < 4.78 is 12.8. The van der Waals surface area contributed by atoms with Crippen LogP contribution >= 0.6 is 23.1 Å². The summed E-state index contributed by atoms with van der Waals surface area (Å²) >= 11 is 3.50. The molecule has 0 bridgehead atoms. The van der Waals surface area contributed by atoms with Gasteiger partial charge in [0.25, 0.3) is 0 Å². The second-order valence-electron chi connectivity index (χ2n) is 7.03. The highest BCUT2D eigenvalue weighted by molar-refractivity contribution is 7.99. The van der Waals surface area contributed by atoms with E-state index in [1.54, 1.807) is 18.4 Å². The van der Waals surface area contributed by atoms with Gasteiger partial charge in [-0.1, -0.05) is 48.5 Å². The minimum atomic E-state index is 0.602. The van der Waals surface area contributed by atoms with Crippen molar-refractivity contribution in [1.29, 1.82) is 0 Å². The molecule has 5 aromatic rings. The second-order valence-corrected chi connectivity index (χ2v) is 9.19. The number of hydrogen-bond acceptors (Lipinski definition) is 5. The zero-order valence-electron chi connectivity index (χ0n) is 17.1. The molecule has 5 rings (SSSR count). The van der Waals surface area contributed by atoms with Gasteiger partial charge < -0.3 is 9.47 Å². The lowest BCUT2D eigenvalue weighted by Crippen LogP contribution is -2.02. The minimum Gasteiger partial charge on any atom is -0.493 e. The number of rotatable bonds is 7. The van der Waals surface area contributed by atoms with Crippen molar-refractivity contribution in [1.82, 2.24) is 4.98 Å². The summed E-state index contributed by atoms with van der Waals surface area (Å²) in [5.41, 5.74) is 2.06. The van der Waals surface area contributed by atoms with Gasteiger partial charge in [-0.2, -0.15) is 0 Å². The molecule has 0 saturated carbocycles. The molecular formula is C26H21NO2S2. The molecule has 0 fully saturated rings. The summed E-state index contributed by atoms with van der Waals surface area (Å²) in [6.07, 6.45) is 0. The Kier molecular flexibility index (Phi) is 5.78. The summed E-state index contributed by atoms with van der Waals surface area (Å²) in [4.78, 5) is 6.02. The van der Waals surface area contributed by atoms with Gasteiger partial charge in [-0.3, -0.25) is 0 Å². The standard InChI is InChI=1S/C26H21NO2S2/c1-28-23-17-19(26-27-21-10-4-5-11-25(21)31-26)13-14-22(23)29-15-16-30-24-12-6-8-18-7-2-3-9-20(18)24/h2-14,17H,15-16H2,1H3. The fourth-order valence-corrected chi connectivity index (χ4v) is 5.41. The maximum atomic E-state index is 6.05. The zero-order chi connectivity index (χ0) is 21.0. The molecule has 0 unspecified atom stereocenters. The van der Waals surface area contributed by atoms with Crippen molar-refractivity contribution >= 4 is 44.1 Å². The maximum absolute atomic E-state index is 6.05. The van der Waals surface area contributed by atoms with E-state index in [9.17, 15) is 0 Å². The monoisotopic (exact) mass is 443 g/mol. The van der Waals surface area contributed by atoms with Crippen LogP contribution in [0.3, 0.4) is 0 Å². The Morgan fingerprint density at radius 3 is 2.61 bits per heavy atom. The van der Waals surface area contributed by atoms with Crippen LogP contribution in [0.1, 0.15) is 0 Å². The lowest BCUT2D eigenvalue weighted by molar-refractivity contribution is 0.313. The molecule has 0 radical (unpaired) electrons. The van der Waals surface area contributed by atoms with E-state index in [0.717, 1.165) is 33.3 Å². The average molecular weight is 444 g/mol. The molecule has 0 saturated heterocycles. The predicted molar refractivity (Wildman–Crippen MR) is 132 cm³/mol. The van der Waals surface area contributed by atoms with Gasteiger partial charge in [0.15, 0.2) is 11.5 Å². The highest BCUT2D eigenvalue weighted by atomic mass is 32.2. The van der Waals surface area contributed by atoms with E-state index in [4.69, 9.17) is 14.5 Å². The van der Waals surface area contributed by atoms with Crippen molar-refractivity contribution in [2.75, 3.05) is 19.5 Å². The molecule has 3 nitrogen and oxygen atoms in total. The molecule has 0 aliphatic rings. The number of benzene rings is 4. The molecule has 0 aliphatic heterocycles. The minimum absolute atomic E-state index is 0.602. The number of ether oxygens (including phenoxy) is 2. The van der Waals surface area contributed by atoms with E-state index in [-0.39, 0.29) is 0 Å². The van der Waals surface area contributed by atoms with Crippen molar-refractivity contribution in [2.24, 2.45) is 0 Å². The van der Waals surface area contributed by atoms with Gasteiger partial charge in [0.05, 0.1) is 23.9 Å². The van der Waals surface area contributed by atoms with Crippen molar-refractivity contribution in [3.8, 4) is 22.1 Å². The van der Waals surface area contributed by atoms with Crippen molar-refractivity contribution in [3.05, 3.63) is 84.9 Å². The van der Waals surface area contributed by atoms with E-state index >= 15 is 0 Å². The van der Waals surface area contributed by atoms with Gasteiger partial charge in [0, 0.05) is 16.2 Å². The van der Waals surface area contributed by atoms with Crippen LogP contribution in [0.5, 0.6) is 11.5 Å². The first-order valence-corrected chi connectivity index (χ1v) is 11.9. The van der Waals surface area contributed by atoms with E-state index in [1.165, 1.54) is 20.4 Å². The highest BCUT2D eigenvalue weighted by Crippen LogP contribution is 2.36. The number of thioether (sulfide) groups is 1. The summed E-state index contributed by atoms with van der Waals surface area (Å²) in [5, 5.41) is 3.53. The molecule has 1 aromatic heterocycles. The Morgan fingerprint density at radius 2 is 1.71 bits per heavy atom. The second kappa shape index (κ2) is 9.00.